The van der Waals surface area contributed by atoms with E-state index in [0.717, 1.165) is 25.9 Å². The smallest absolute Gasteiger partial charge is 0.205 e. The van der Waals surface area contributed by atoms with Crippen LogP contribution in [0.5, 0.6) is 0 Å². The van der Waals surface area contributed by atoms with Crippen LogP contribution in [-0.2, 0) is 14.3 Å². The van der Waals surface area contributed by atoms with E-state index >= 15 is 0 Å². The monoisotopic (exact) mass is 240 g/mol. The molecule has 1 fully saturated rings. The third kappa shape index (κ3) is 6.42. The number of carbonyl (C=O) groups excluding carboxylic acids is 1. The van der Waals surface area contributed by atoms with Gasteiger partial charge in [0.25, 0.3) is 0 Å². The van der Waals surface area contributed by atoms with Crippen molar-refractivity contribution >= 4 is 5.78 Å². The summed E-state index contributed by atoms with van der Waals surface area (Å²) in [7, 11) is 0. The molecule has 0 saturated carbocycles. The van der Waals surface area contributed by atoms with Gasteiger partial charge in [-0.2, -0.15) is 0 Å². The maximum Gasteiger partial charge on any atom is 0.205 e. The fourth-order valence-corrected chi connectivity index (χ4v) is 1.56. The third-order valence-corrected chi connectivity index (χ3v) is 2.47. The topological polar surface area (TPSA) is 55.8 Å². The number of carbonyl (C=O) groups is 1. The lowest BCUT2D eigenvalue weighted by molar-refractivity contribution is -0.173. The van der Waals surface area contributed by atoms with Crippen molar-refractivity contribution in [2.24, 2.45) is 0 Å². The highest BCUT2D eigenvalue weighted by Crippen LogP contribution is 2.14. The zero-order chi connectivity index (χ0) is 12.5. The Labute approximate surface area is 102 Å². The molecule has 17 heavy (non-hydrogen) atoms. The largest absolute Gasteiger partial charge is 0.396 e. The Hall–Kier alpha value is -0.890. The first-order valence-corrected chi connectivity index (χ1v) is 6.14. The van der Waals surface area contributed by atoms with Crippen molar-refractivity contribution in [3.8, 4) is 11.8 Å². The summed E-state index contributed by atoms with van der Waals surface area (Å²) in [6.45, 7) is 2.57. The van der Waals surface area contributed by atoms with Crippen LogP contribution in [0.2, 0.25) is 0 Å². The van der Waals surface area contributed by atoms with Crippen molar-refractivity contribution in [3.05, 3.63) is 0 Å². The van der Waals surface area contributed by atoms with E-state index in [1.165, 1.54) is 0 Å². The molecule has 1 saturated heterocycles. The van der Waals surface area contributed by atoms with E-state index in [9.17, 15) is 4.79 Å². The molecule has 0 aliphatic carbocycles. The fraction of sp³-hybridized carbons (Fsp3) is 0.769. The highest BCUT2D eigenvalue weighted by molar-refractivity contribution is 5.95. The minimum Gasteiger partial charge on any atom is -0.396 e. The second-order valence-electron chi connectivity index (χ2n) is 4.09. The number of aliphatic hydroxyl groups excluding tert-OH is 1. The molecule has 1 N–H and O–H groups in total. The van der Waals surface area contributed by atoms with Gasteiger partial charge in [-0.25, -0.2) is 0 Å². The number of ether oxygens (including phenoxy) is 2. The molecule has 4 heteroatoms. The van der Waals surface area contributed by atoms with E-state index in [0.29, 0.717) is 12.8 Å². The van der Waals surface area contributed by atoms with Crippen molar-refractivity contribution in [1.29, 1.82) is 0 Å². The molecular formula is C13H20O4. The van der Waals surface area contributed by atoms with Crippen LogP contribution >= 0.6 is 0 Å². The summed E-state index contributed by atoms with van der Waals surface area (Å²) < 4.78 is 11.0. The Balaban J connectivity index is 2.25. The van der Waals surface area contributed by atoms with Gasteiger partial charge in [-0.05, 0) is 38.5 Å². The van der Waals surface area contributed by atoms with E-state index < -0.39 is 0 Å². The number of ketones is 1. The number of hydrogen-bond donors (Lipinski definition) is 1. The minimum absolute atomic E-state index is 0.0232. The Kier molecular flexibility index (Phi) is 6.87. The zero-order valence-corrected chi connectivity index (χ0v) is 10.3. The highest BCUT2D eigenvalue weighted by Gasteiger charge is 2.16. The predicted molar refractivity (Wildman–Crippen MR) is 63.2 cm³/mol. The molecule has 0 amide bonds. The first kappa shape index (κ1) is 14.2. The molecule has 0 spiro atoms. The summed E-state index contributed by atoms with van der Waals surface area (Å²) >= 11 is 0. The van der Waals surface area contributed by atoms with Gasteiger partial charge in [0.1, 0.15) is 6.10 Å². The summed E-state index contributed by atoms with van der Waals surface area (Å²) in [5.74, 6) is 5.13. The summed E-state index contributed by atoms with van der Waals surface area (Å²) in [6, 6.07) is 0. The molecule has 1 aliphatic rings. The Bertz CT molecular complexity index is 284. The molecule has 0 aromatic heterocycles. The number of Topliss-reactive ketones (excluding diaryl/α,β-unsaturated/α-hetero) is 1. The lowest BCUT2D eigenvalue weighted by Gasteiger charge is -2.23. The fourth-order valence-electron chi connectivity index (χ4n) is 1.56. The molecule has 2 atom stereocenters. The van der Waals surface area contributed by atoms with E-state index in [-0.39, 0.29) is 24.8 Å². The third-order valence-electron chi connectivity index (χ3n) is 2.47. The van der Waals surface area contributed by atoms with Crippen LogP contribution in [0, 0.1) is 11.8 Å². The molecule has 0 radical (unpaired) electrons. The van der Waals surface area contributed by atoms with E-state index in [1.54, 1.807) is 0 Å². The standard InChI is InChI=1S/C13H20O4/c1-11(7-8-12(15)5-4-9-14)17-13-6-2-3-10-16-13/h11,13-14H,2-6,9-10H2,1H3. The summed E-state index contributed by atoms with van der Waals surface area (Å²) in [6.07, 6.45) is 3.38. The van der Waals surface area contributed by atoms with Gasteiger partial charge in [-0.3, -0.25) is 4.79 Å². The lowest BCUT2D eigenvalue weighted by atomic mass is 10.2. The van der Waals surface area contributed by atoms with Crippen molar-refractivity contribution in [3.63, 3.8) is 0 Å². The summed E-state index contributed by atoms with van der Waals surface area (Å²) in [4.78, 5) is 11.2. The molecule has 1 aliphatic heterocycles. The average Bonchev–Trinajstić information content (AvgIpc) is 2.35. The van der Waals surface area contributed by atoms with Gasteiger partial charge in [0.05, 0.1) is 0 Å². The summed E-state index contributed by atoms with van der Waals surface area (Å²) in [5.41, 5.74) is 0. The lowest BCUT2D eigenvalue weighted by Crippen LogP contribution is -2.25. The molecule has 0 aromatic carbocycles. The zero-order valence-electron chi connectivity index (χ0n) is 10.3. The van der Waals surface area contributed by atoms with Crippen LogP contribution in [0.3, 0.4) is 0 Å². The molecule has 0 bridgehead atoms. The van der Waals surface area contributed by atoms with Gasteiger partial charge in [-0.15, -0.1) is 0 Å². The average molecular weight is 240 g/mol. The van der Waals surface area contributed by atoms with Crippen molar-refractivity contribution in [1.82, 2.24) is 0 Å². The van der Waals surface area contributed by atoms with Crippen LogP contribution in [0.1, 0.15) is 39.0 Å². The summed E-state index contributed by atoms with van der Waals surface area (Å²) in [5, 5.41) is 8.57. The maximum atomic E-state index is 11.2. The SMILES string of the molecule is CC(C#CC(=O)CCCO)OC1CCCCO1. The highest BCUT2D eigenvalue weighted by atomic mass is 16.7. The van der Waals surface area contributed by atoms with E-state index in [2.05, 4.69) is 11.8 Å². The van der Waals surface area contributed by atoms with E-state index in [1.807, 2.05) is 6.92 Å². The number of rotatable bonds is 5. The Morgan fingerprint density at radius 1 is 1.59 bits per heavy atom. The molecular weight excluding hydrogens is 220 g/mol. The minimum atomic E-state index is -0.295. The molecule has 1 rings (SSSR count). The number of aliphatic hydroxyl groups is 1. The maximum absolute atomic E-state index is 11.2. The Morgan fingerprint density at radius 2 is 2.41 bits per heavy atom. The Morgan fingerprint density at radius 3 is 3.06 bits per heavy atom. The van der Waals surface area contributed by atoms with Gasteiger partial charge in [0, 0.05) is 19.6 Å². The quantitative estimate of drug-likeness (QED) is 0.580. The predicted octanol–water partition coefficient (Wildman–Crippen LogP) is 1.26. The second-order valence-corrected chi connectivity index (χ2v) is 4.09. The van der Waals surface area contributed by atoms with Crippen LogP contribution in [-0.4, -0.2) is 36.5 Å². The second kappa shape index (κ2) is 8.24. The van der Waals surface area contributed by atoms with Gasteiger partial charge in [0.2, 0.25) is 5.78 Å². The molecule has 1 heterocycles. The molecule has 2 unspecified atom stereocenters. The van der Waals surface area contributed by atoms with Crippen LogP contribution in [0.15, 0.2) is 0 Å². The van der Waals surface area contributed by atoms with E-state index in [4.69, 9.17) is 14.6 Å². The van der Waals surface area contributed by atoms with Crippen molar-refractivity contribution in [2.45, 2.75) is 51.4 Å². The van der Waals surface area contributed by atoms with Crippen molar-refractivity contribution < 1.29 is 19.4 Å². The normalized spacial score (nSPS) is 21.4. The van der Waals surface area contributed by atoms with Gasteiger partial charge < -0.3 is 14.6 Å². The van der Waals surface area contributed by atoms with Gasteiger partial charge in [0.15, 0.2) is 6.29 Å². The van der Waals surface area contributed by atoms with Crippen LogP contribution in [0.4, 0.5) is 0 Å². The molecule has 96 valence electrons. The van der Waals surface area contributed by atoms with Gasteiger partial charge >= 0.3 is 0 Å². The first-order chi connectivity index (χ1) is 8.22. The molecule has 4 nitrogen and oxygen atoms in total. The van der Waals surface area contributed by atoms with Crippen LogP contribution < -0.4 is 0 Å². The van der Waals surface area contributed by atoms with Crippen molar-refractivity contribution in [2.75, 3.05) is 13.2 Å². The van der Waals surface area contributed by atoms with Gasteiger partial charge in [-0.1, -0.05) is 5.92 Å². The van der Waals surface area contributed by atoms with Crippen LogP contribution in [0.25, 0.3) is 0 Å². The number of hydrogen-bond acceptors (Lipinski definition) is 4. The molecule has 0 aromatic rings. The first-order valence-electron chi connectivity index (χ1n) is 6.14.